The van der Waals surface area contributed by atoms with Crippen LogP contribution in [0.15, 0.2) is 121 Å². The molecule has 0 aliphatic heterocycles. The van der Waals surface area contributed by atoms with Crippen LogP contribution in [-0.2, 0) is 43.1 Å². The van der Waals surface area contributed by atoms with Gasteiger partial charge in [0.05, 0.1) is 6.04 Å². The van der Waals surface area contributed by atoms with Crippen molar-refractivity contribution in [2.45, 2.75) is 442 Å². The van der Waals surface area contributed by atoms with Gasteiger partial charge in [0.15, 0.2) is 0 Å². The predicted octanol–water partition coefficient (Wildman–Crippen LogP) is 21.8. The third-order valence-electron chi connectivity index (χ3n) is 20.0. The molecular formula is C106H188N14O6. The molecule has 0 spiro atoms. The van der Waals surface area contributed by atoms with Crippen molar-refractivity contribution < 1.29 is 29.4 Å². The highest BCUT2D eigenvalue weighted by Crippen LogP contribution is 2.38. The van der Waals surface area contributed by atoms with Gasteiger partial charge < -0.3 is 79.7 Å². The lowest BCUT2D eigenvalue weighted by Gasteiger charge is -2.31. The van der Waals surface area contributed by atoms with E-state index in [1.54, 1.807) is 0 Å². The number of aliphatic carboxylic acids is 2. The number of carbonyl (C=O) groups is 4. The number of amides is 2. The van der Waals surface area contributed by atoms with Gasteiger partial charge in [0.25, 0.3) is 0 Å². The second kappa shape index (κ2) is 52.0. The number of benzene rings is 5. The Balaban J connectivity index is 0.000000828. The molecule has 0 aliphatic rings. The van der Waals surface area contributed by atoms with Gasteiger partial charge in [-0.3, -0.25) is 19.7 Å². The molecular weight excluding hydrogens is 1570 g/mol. The van der Waals surface area contributed by atoms with Gasteiger partial charge in [0.1, 0.15) is 18.1 Å². The number of rotatable bonds is 39. The molecule has 1 unspecified atom stereocenters. The van der Waals surface area contributed by atoms with E-state index < -0.39 is 42.0 Å². The zero-order valence-electron chi connectivity index (χ0n) is 86.7. The van der Waals surface area contributed by atoms with E-state index in [0.29, 0.717) is 38.5 Å². The molecule has 20 nitrogen and oxygen atoms in total. The highest BCUT2D eigenvalue weighted by atomic mass is 16.4. The zero-order chi connectivity index (χ0) is 97.0. The maximum atomic E-state index is 13.2. The molecule has 0 bridgehead atoms. The van der Waals surface area contributed by atoms with Gasteiger partial charge >= 0.3 is 11.9 Å². The number of anilines is 4. The summed E-state index contributed by atoms with van der Waals surface area (Å²) >= 11 is 0. The van der Waals surface area contributed by atoms with Crippen LogP contribution in [0.3, 0.4) is 0 Å². The smallest absolute Gasteiger partial charge is 0.326 e. The lowest BCUT2D eigenvalue weighted by Crippen LogP contribution is -2.54. The van der Waals surface area contributed by atoms with E-state index in [9.17, 15) is 24.3 Å². The average Bonchev–Trinajstić information content (AvgIpc) is 0.774. The highest BCUT2D eigenvalue weighted by Gasteiger charge is 2.32. The molecule has 0 saturated heterocycles. The fourth-order valence-corrected chi connectivity index (χ4v) is 13.3. The van der Waals surface area contributed by atoms with Gasteiger partial charge in [0.2, 0.25) is 11.8 Å². The minimum Gasteiger partial charge on any atom is -0.480 e. The van der Waals surface area contributed by atoms with Gasteiger partial charge in [-0.25, -0.2) is 4.79 Å². The van der Waals surface area contributed by atoms with Crippen molar-refractivity contribution in [1.29, 1.82) is 0 Å². The minimum atomic E-state index is -1.07. The molecule has 0 aliphatic carbocycles. The quantitative estimate of drug-likeness (QED) is 0.0163. The number of carbonyl (C=O) groups excluding carboxylic acids is 2. The first-order valence-corrected chi connectivity index (χ1v) is 46.9. The molecule has 0 fully saturated rings. The van der Waals surface area contributed by atoms with E-state index in [1.807, 2.05) is 20.8 Å². The van der Waals surface area contributed by atoms with Gasteiger partial charge in [-0.05, 0) is 395 Å². The second-order valence-corrected chi connectivity index (χ2v) is 47.1. The second-order valence-electron chi connectivity index (χ2n) is 47.1. The summed E-state index contributed by atoms with van der Waals surface area (Å²) in [6, 6.07) is 41.1. The summed E-state index contributed by atoms with van der Waals surface area (Å²) in [5, 5.41) is 62.3. The van der Waals surface area contributed by atoms with E-state index >= 15 is 0 Å². The number of nitrogens with one attached hydrogen (secondary N) is 13. The number of carboxylic acid groups (broad SMARTS) is 2. The first-order valence-electron chi connectivity index (χ1n) is 46.9. The SMILES string of the molecule is CC(C)(C)NCCCCC(NC(=O)[C@H](N)CCCCNC(C)(C)C)C(=O)N[C@@H](CCCCNC(C)(C)C)C(=O)O.CC(C)(C)NCCCC[C@@H](NC(C)(C)C)C(=O)O.CC(C)(C)NCc1ccc(NC(C)(C)C)cc1.CC(C)(C)NCc1ccccc1NC(C)(C)C.CC(C)(C)Nc1ccc(C(C)(C)c2cccc(C(C)(C)c3ccc(NC(C)(C)C)cc3)c2)cc1. The predicted molar refractivity (Wildman–Crippen MR) is 543 cm³/mol. The largest absolute Gasteiger partial charge is 0.480 e. The standard InChI is InChI=1S/C32H44N2.C30H62N6O4.2C15H26N2.C14H30N2O2/c1-29(2,3)33-27-18-14-23(15-19-27)31(7,8)25-12-11-13-26(22-25)32(9,10)24-16-20-28(21-17-24)34-30(4,5)6;1-28(2,3)32-19-13-10-16-22(31)25(37)35-23(17-11-14-20-33-29(4,5)6)26(38)36-24(27(39)40)18-12-15-21-34-30(7,8)9;1-14(2,3)16-11-12-7-9-13(10-8-12)17-15(4,5)6;1-14(2,3)16-11-12-9-7-8-10-13(12)17-15(4,5)6;1-13(2,3)15-10-8-7-9-11(12(17)18)16-14(4,5)6/h11-22,33-34H,1-10H3;22-24,32-34H,10-21,31H2,1-9H3,(H,35,37)(H,36,38)(H,39,40);2*7-10,16-17H,11H2,1-6H3;11,15-16H,7-10H2,1-6H3,(H,17,18)/t;22-,23?,24+;;;11-/m.1..1/s1. The summed E-state index contributed by atoms with van der Waals surface area (Å²) in [5.41, 5.74) is 19.3. The fraction of sp³-hybridized carbons (Fsp3) is 0.679. The molecule has 5 aromatic carbocycles. The number of unbranched alkanes of at least 4 members (excludes halogenated alkanes) is 4. The lowest BCUT2D eigenvalue weighted by molar-refractivity contribution is -0.142. The molecule has 0 aromatic heterocycles. The Labute approximate surface area is 769 Å². The third-order valence-corrected chi connectivity index (χ3v) is 20.0. The topological polar surface area (TPSA) is 291 Å². The Morgan fingerprint density at radius 2 is 0.603 bits per heavy atom. The average molecular weight is 1750 g/mol. The van der Waals surface area contributed by atoms with Gasteiger partial charge in [-0.1, -0.05) is 119 Å². The summed E-state index contributed by atoms with van der Waals surface area (Å²) in [5.74, 6) is -2.68. The van der Waals surface area contributed by atoms with Crippen LogP contribution in [-0.4, -0.2) is 145 Å². The van der Waals surface area contributed by atoms with Crippen molar-refractivity contribution in [2.75, 3.05) is 47.4 Å². The van der Waals surface area contributed by atoms with Crippen LogP contribution in [0.2, 0.25) is 0 Å². The van der Waals surface area contributed by atoms with E-state index in [0.717, 1.165) is 89.2 Å². The van der Waals surface area contributed by atoms with Crippen molar-refractivity contribution in [3.63, 3.8) is 0 Å². The first kappa shape index (κ1) is 117. The van der Waals surface area contributed by atoms with Crippen molar-refractivity contribution in [2.24, 2.45) is 5.73 Å². The summed E-state index contributed by atoms with van der Waals surface area (Å²) < 4.78 is 0. The molecule has 2 amide bonds. The Hall–Kier alpha value is -7.14. The normalized spacial score (nSPS) is 13.7. The van der Waals surface area contributed by atoms with Gasteiger partial charge in [-0.2, -0.15) is 0 Å². The Morgan fingerprint density at radius 3 is 0.937 bits per heavy atom. The molecule has 718 valence electrons. The molecule has 126 heavy (non-hydrogen) atoms. The van der Waals surface area contributed by atoms with E-state index in [1.165, 1.54) is 44.8 Å². The molecule has 4 atom stereocenters. The van der Waals surface area contributed by atoms with Crippen LogP contribution in [0.4, 0.5) is 22.7 Å². The van der Waals surface area contributed by atoms with E-state index in [4.69, 9.17) is 10.8 Å². The molecule has 0 heterocycles. The number of para-hydroxylation sites is 1. The number of nitrogens with two attached hydrogens (primary N) is 1. The van der Waals surface area contributed by atoms with Crippen molar-refractivity contribution in [3.8, 4) is 0 Å². The van der Waals surface area contributed by atoms with Crippen molar-refractivity contribution in [1.82, 2.24) is 47.9 Å². The molecule has 17 N–H and O–H groups in total. The van der Waals surface area contributed by atoms with Crippen LogP contribution in [0, 0.1) is 0 Å². The van der Waals surface area contributed by atoms with E-state index in [-0.39, 0.29) is 77.7 Å². The van der Waals surface area contributed by atoms with Crippen LogP contribution < -0.4 is 74.9 Å². The summed E-state index contributed by atoms with van der Waals surface area (Å²) in [7, 11) is 0. The monoisotopic (exact) mass is 1750 g/mol. The first-order chi connectivity index (χ1) is 57.2. The van der Waals surface area contributed by atoms with E-state index in [2.05, 4.69) is 426 Å². The molecule has 0 radical (unpaired) electrons. The maximum absolute atomic E-state index is 13.2. The van der Waals surface area contributed by atoms with Crippen LogP contribution >= 0.6 is 0 Å². The highest BCUT2D eigenvalue weighted by molar-refractivity contribution is 5.91. The lowest BCUT2D eigenvalue weighted by atomic mass is 9.73. The Kier molecular flexibility index (Phi) is 48.3. The van der Waals surface area contributed by atoms with Crippen LogP contribution in [0.5, 0.6) is 0 Å². The van der Waals surface area contributed by atoms with Gasteiger partial charge in [0, 0.05) is 108 Å². The van der Waals surface area contributed by atoms with Crippen molar-refractivity contribution in [3.05, 3.63) is 155 Å². The Bertz CT molecular complexity index is 3800. The number of carboxylic acids is 2. The van der Waals surface area contributed by atoms with Gasteiger partial charge in [-0.15, -0.1) is 0 Å². The molecule has 0 saturated carbocycles. The summed E-state index contributed by atoms with van der Waals surface area (Å²) in [4.78, 5) is 49.1. The Morgan fingerprint density at radius 1 is 0.294 bits per heavy atom. The fourth-order valence-electron chi connectivity index (χ4n) is 13.3. The summed E-state index contributed by atoms with van der Waals surface area (Å²) in [6.07, 6.45) is 8.53. The third kappa shape index (κ3) is 57.7. The van der Waals surface area contributed by atoms with Crippen molar-refractivity contribution >= 4 is 46.5 Å². The molecule has 20 heteroatoms. The van der Waals surface area contributed by atoms with Crippen LogP contribution in [0.1, 0.15) is 367 Å². The maximum Gasteiger partial charge on any atom is 0.326 e. The number of hydrogen-bond acceptors (Lipinski definition) is 16. The number of hydrogen-bond donors (Lipinski definition) is 16. The molecule has 5 aromatic rings. The minimum absolute atomic E-state index is 0.00158. The zero-order valence-corrected chi connectivity index (χ0v) is 86.7. The summed E-state index contributed by atoms with van der Waals surface area (Å²) in [6.45, 7) is 84.9. The molecule has 5 rings (SSSR count). The van der Waals surface area contributed by atoms with Crippen LogP contribution in [0.25, 0.3) is 0 Å².